The molecule has 5 rings (SSSR count). The Kier molecular flexibility index (Phi) is 4.64. The molecule has 0 radical (unpaired) electrons. The molecule has 178 valence electrons. The Morgan fingerprint density at radius 3 is 2.45 bits per heavy atom. The summed E-state index contributed by atoms with van der Waals surface area (Å²) in [7, 11) is 0. The first-order valence-corrected chi connectivity index (χ1v) is 12.1. The van der Waals surface area contributed by atoms with Crippen LogP contribution in [0.4, 0.5) is 0 Å². The van der Waals surface area contributed by atoms with E-state index in [0.717, 1.165) is 24.0 Å². The van der Waals surface area contributed by atoms with Gasteiger partial charge in [-0.15, -0.1) is 0 Å². The molecule has 2 aliphatic heterocycles. The molecular weight excluding hydrogens is 420 g/mol. The number of fused-ring (bicyclic) bond motifs is 6. The summed E-state index contributed by atoms with van der Waals surface area (Å²) in [4.78, 5) is 38.4. The fraction of sp³-hybridized carbons (Fsp3) is 0.667. The first-order valence-electron chi connectivity index (χ1n) is 12.1. The van der Waals surface area contributed by atoms with Gasteiger partial charge >= 0.3 is 5.97 Å². The molecule has 2 fully saturated rings. The number of Topliss-reactive ketones (excluding diaryl/α,β-unsaturated/α-hetero) is 2. The zero-order valence-corrected chi connectivity index (χ0v) is 20.4. The van der Waals surface area contributed by atoms with E-state index < -0.39 is 22.9 Å². The minimum Gasteiger partial charge on any atom is -0.507 e. The highest BCUT2D eigenvalue weighted by atomic mass is 16.5. The lowest BCUT2D eigenvalue weighted by Gasteiger charge is -2.63. The third-order valence-electron chi connectivity index (χ3n) is 9.46. The van der Waals surface area contributed by atoms with Crippen LogP contribution >= 0.6 is 0 Å². The normalized spacial score (nSPS) is 38.7. The van der Waals surface area contributed by atoms with Crippen molar-refractivity contribution in [1.82, 2.24) is 0 Å². The van der Waals surface area contributed by atoms with Crippen molar-refractivity contribution in [3.8, 4) is 11.5 Å². The van der Waals surface area contributed by atoms with E-state index in [1.165, 1.54) is 6.92 Å². The zero-order chi connectivity index (χ0) is 24.1. The van der Waals surface area contributed by atoms with Gasteiger partial charge in [0.1, 0.15) is 40.3 Å². The zero-order valence-electron chi connectivity index (χ0n) is 20.4. The standard InChI is InChI=1S/C27H34O6/c1-13-9-16-15-10-21-26(5)12-17(14(2)28)23(30)25(3,4)20(26)7-8-27(21,6)33-19(15)11-18(29)22(16)24(31)32-13/h11,13,17,20-21,29H,7-10,12H2,1-6H3/t13-,17+,20-,21+,26-,27-/m0/s1. The second-order valence-corrected chi connectivity index (χ2v) is 11.9. The van der Waals surface area contributed by atoms with Gasteiger partial charge < -0.3 is 14.6 Å². The molecular formula is C27H34O6. The highest BCUT2D eigenvalue weighted by Crippen LogP contribution is 2.65. The molecule has 4 aliphatic rings. The molecule has 2 aliphatic carbocycles. The molecule has 6 nitrogen and oxygen atoms in total. The Morgan fingerprint density at radius 2 is 1.79 bits per heavy atom. The van der Waals surface area contributed by atoms with E-state index in [0.29, 0.717) is 25.0 Å². The number of ketones is 2. The Hall–Kier alpha value is -2.37. The van der Waals surface area contributed by atoms with Gasteiger partial charge in [0.25, 0.3) is 0 Å². The van der Waals surface area contributed by atoms with Crippen LogP contribution in [0.15, 0.2) is 6.07 Å². The topological polar surface area (TPSA) is 89.9 Å². The van der Waals surface area contributed by atoms with E-state index in [-0.39, 0.29) is 46.2 Å². The predicted molar refractivity (Wildman–Crippen MR) is 121 cm³/mol. The van der Waals surface area contributed by atoms with E-state index in [1.807, 2.05) is 20.8 Å². The summed E-state index contributed by atoms with van der Waals surface area (Å²) in [5, 5.41) is 10.6. The first kappa shape index (κ1) is 22.4. The van der Waals surface area contributed by atoms with Crippen LogP contribution in [0.25, 0.3) is 0 Å². The number of benzene rings is 1. The van der Waals surface area contributed by atoms with Crippen LogP contribution in [0.2, 0.25) is 0 Å². The number of phenols is 1. The highest BCUT2D eigenvalue weighted by Gasteiger charge is 2.65. The molecule has 1 aromatic carbocycles. The van der Waals surface area contributed by atoms with E-state index in [9.17, 15) is 19.5 Å². The molecule has 0 unspecified atom stereocenters. The van der Waals surface area contributed by atoms with E-state index in [1.54, 1.807) is 6.07 Å². The van der Waals surface area contributed by atoms with Gasteiger partial charge in [0, 0.05) is 23.8 Å². The van der Waals surface area contributed by atoms with Gasteiger partial charge in [-0.05, 0) is 68.9 Å². The number of aromatic hydroxyl groups is 1. The number of carbonyl (C=O) groups is 3. The van der Waals surface area contributed by atoms with Gasteiger partial charge in [-0.1, -0.05) is 20.8 Å². The monoisotopic (exact) mass is 454 g/mol. The molecule has 2 heterocycles. The minimum atomic E-state index is -0.589. The van der Waals surface area contributed by atoms with Crippen LogP contribution in [0.3, 0.4) is 0 Å². The van der Waals surface area contributed by atoms with Crippen LogP contribution < -0.4 is 4.74 Å². The largest absolute Gasteiger partial charge is 0.507 e. The van der Waals surface area contributed by atoms with Crippen molar-refractivity contribution in [2.45, 2.75) is 85.4 Å². The third-order valence-corrected chi connectivity index (χ3v) is 9.46. The molecule has 0 saturated heterocycles. The molecule has 1 aromatic rings. The van der Waals surface area contributed by atoms with Crippen molar-refractivity contribution in [2.24, 2.45) is 28.6 Å². The number of phenolic OH excluding ortho intramolecular Hbond substituents is 1. The second kappa shape index (κ2) is 6.83. The van der Waals surface area contributed by atoms with Gasteiger partial charge in [0.05, 0.1) is 5.92 Å². The summed E-state index contributed by atoms with van der Waals surface area (Å²) in [5.74, 6) is -0.305. The number of hydrogen-bond acceptors (Lipinski definition) is 6. The molecule has 6 heteroatoms. The summed E-state index contributed by atoms with van der Waals surface area (Å²) in [5.41, 5.74) is 0.692. The fourth-order valence-electron chi connectivity index (χ4n) is 7.93. The van der Waals surface area contributed by atoms with E-state index in [4.69, 9.17) is 9.47 Å². The van der Waals surface area contributed by atoms with Crippen molar-refractivity contribution in [3.63, 3.8) is 0 Å². The van der Waals surface area contributed by atoms with Crippen molar-refractivity contribution in [3.05, 3.63) is 22.8 Å². The molecule has 0 bridgehead atoms. The Bertz CT molecular complexity index is 1090. The predicted octanol–water partition coefficient (Wildman–Crippen LogP) is 4.42. The van der Waals surface area contributed by atoms with Crippen LogP contribution in [-0.2, 0) is 27.2 Å². The third kappa shape index (κ3) is 2.95. The summed E-state index contributed by atoms with van der Waals surface area (Å²) in [6.07, 6.45) is 3.14. The maximum atomic E-state index is 13.3. The average molecular weight is 455 g/mol. The maximum absolute atomic E-state index is 13.3. The summed E-state index contributed by atoms with van der Waals surface area (Å²) < 4.78 is 12.0. The van der Waals surface area contributed by atoms with Gasteiger partial charge in [0.2, 0.25) is 0 Å². The summed E-state index contributed by atoms with van der Waals surface area (Å²) in [6.45, 7) is 11.8. The second-order valence-electron chi connectivity index (χ2n) is 11.9. The average Bonchev–Trinajstić information content (AvgIpc) is 2.68. The molecule has 0 spiro atoms. The molecule has 33 heavy (non-hydrogen) atoms. The lowest BCUT2D eigenvalue weighted by molar-refractivity contribution is -0.183. The van der Waals surface area contributed by atoms with Crippen molar-refractivity contribution >= 4 is 17.5 Å². The Morgan fingerprint density at radius 1 is 1.09 bits per heavy atom. The first-order chi connectivity index (χ1) is 15.3. The number of ether oxygens (including phenoxy) is 2. The van der Waals surface area contributed by atoms with E-state index >= 15 is 0 Å². The smallest absolute Gasteiger partial charge is 0.342 e. The van der Waals surface area contributed by atoms with Crippen LogP contribution in [-0.4, -0.2) is 34.3 Å². The number of cyclic esters (lactones) is 1. The van der Waals surface area contributed by atoms with Gasteiger partial charge in [0.15, 0.2) is 0 Å². The Balaban J connectivity index is 1.65. The molecule has 6 atom stereocenters. The molecule has 0 aromatic heterocycles. The summed E-state index contributed by atoms with van der Waals surface area (Å²) in [6, 6.07) is 1.56. The van der Waals surface area contributed by atoms with Gasteiger partial charge in [-0.3, -0.25) is 9.59 Å². The highest BCUT2D eigenvalue weighted by molar-refractivity contribution is 6.04. The minimum absolute atomic E-state index is 0.0592. The number of carbonyl (C=O) groups excluding carboxylic acids is 3. The Labute approximate surface area is 195 Å². The van der Waals surface area contributed by atoms with Crippen molar-refractivity contribution in [2.75, 3.05) is 0 Å². The lowest BCUT2D eigenvalue weighted by Crippen LogP contribution is -2.65. The van der Waals surface area contributed by atoms with Crippen LogP contribution in [0.1, 0.15) is 82.3 Å². The van der Waals surface area contributed by atoms with Crippen LogP contribution in [0.5, 0.6) is 11.5 Å². The van der Waals surface area contributed by atoms with Crippen molar-refractivity contribution < 1.29 is 29.0 Å². The van der Waals surface area contributed by atoms with Crippen LogP contribution in [0, 0.1) is 28.6 Å². The molecule has 2 saturated carbocycles. The maximum Gasteiger partial charge on any atom is 0.342 e. The summed E-state index contributed by atoms with van der Waals surface area (Å²) >= 11 is 0. The van der Waals surface area contributed by atoms with E-state index in [2.05, 4.69) is 13.8 Å². The number of rotatable bonds is 1. The lowest BCUT2D eigenvalue weighted by atomic mass is 9.42. The number of hydrogen-bond donors (Lipinski definition) is 1. The van der Waals surface area contributed by atoms with Crippen molar-refractivity contribution in [1.29, 1.82) is 0 Å². The van der Waals surface area contributed by atoms with Gasteiger partial charge in [-0.2, -0.15) is 0 Å². The molecule has 0 amide bonds. The number of esters is 1. The SMILES string of the molecule is CC(=O)[C@H]1C[C@]2(C)[C@H]3Cc4c(cc(O)c5c4C[C@H](C)OC5=O)O[C@@]3(C)CC[C@H]2C(C)(C)C1=O. The molecule has 1 N–H and O–H groups in total. The quantitative estimate of drug-likeness (QED) is 0.499. The van der Waals surface area contributed by atoms with Gasteiger partial charge in [-0.25, -0.2) is 4.79 Å². The fourth-order valence-corrected chi connectivity index (χ4v) is 7.93.